The fourth-order valence-electron chi connectivity index (χ4n) is 4.29. The fraction of sp³-hybridized carbons (Fsp3) is 0.280. The second-order valence-electron chi connectivity index (χ2n) is 8.38. The van der Waals surface area contributed by atoms with Gasteiger partial charge in [0.05, 0.1) is 17.8 Å². The van der Waals surface area contributed by atoms with E-state index in [2.05, 4.69) is 31.2 Å². The van der Waals surface area contributed by atoms with Crippen molar-refractivity contribution in [3.8, 4) is 11.3 Å². The van der Waals surface area contributed by atoms with Gasteiger partial charge in [0.25, 0.3) is 5.91 Å². The average molecular weight is 443 g/mol. The summed E-state index contributed by atoms with van der Waals surface area (Å²) in [6.07, 6.45) is 5.26. The molecule has 8 nitrogen and oxygen atoms in total. The molecular formula is C25H26N6O2. The Balaban J connectivity index is 1.26. The van der Waals surface area contributed by atoms with Gasteiger partial charge in [-0.25, -0.2) is 9.97 Å². The summed E-state index contributed by atoms with van der Waals surface area (Å²) in [5.41, 5.74) is 4.50. The standard InChI is InChI=1S/C25H26N6O2/c32-22-14-17-15-28-25(31-23(17)20-5-1-2-6-21(20)30-22)29-19-9-7-16(8-10-19)24(33)27-13-11-18-4-3-12-26-18/h1-2,5-10,15,18,26H,3-4,11-14H2,(H,27,33)(H,30,32)(H,28,29,31). The maximum atomic E-state index is 12.4. The zero-order chi connectivity index (χ0) is 22.6. The number of carbonyl (C=O) groups is 2. The Hall–Kier alpha value is -3.78. The zero-order valence-corrected chi connectivity index (χ0v) is 18.2. The van der Waals surface area contributed by atoms with Gasteiger partial charge in [-0.3, -0.25) is 9.59 Å². The van der Waals surface area contributed by atoms with Gasteiger partial charge in [-0.2, -0.15) is 0 Å². The number of nitrogens with one attached hydrogen (secondary N) is 4. The van der Waals surface area contributed by atoms with Gasteiger partial charge in [0.15, 0.2) is 0 Å². The SMILES string of the molecule is O=C1Cc2cnc(Nc3ccc(C(=O)NCCC4CCCN4)cc3)nc2-c2ccccc2N1. The zero-order valence-electron chi connectivity index (χ0n) is 18.2. The number of hydrogen-bond acceptors (Lipinski definition) is 6. The highest BCUT2D eigenvalue weighted by Gasteiger charge is 2.20. The number of fused-ring (bicyclic) bond motifs is 3. The van der Waals surface area contributed by atoms with Crippen LogP contribution in [-0.2, 0) is 11.2 Å². The molecule has 33 heavy (non-hydrogen) atoms. The van der Waals surface area contributed by atoms with Crippen molar-refractivity contribution in [2.75, 3.05) is 23.7 Å². The van der Waals surface area contributed by atoms with Crippen LogP contribution in [0.5, 0.6) is 0 Å². The van der Waals surface area contributed by atoms with Crippen molar-refractivity contribution in [2.45, 2.75) is 31.7 Å². The first kappa shape index (κ1) is 21.1. The van der Waals surface area contributed by atoms with E-state index in [1.807, 2.05) is 36.4 Å². The van der Waals surface area contributed by atoms with Crippen molar-refractivity contribution in [1.82, 2.24) is 20.6 Å². The van der Waals surface area contributed by atoms with Crippen LogP contribution < -0.4 is 21.3 Å². The smallest absolute Gasteiger partial charge is 0.251 e. The van der Waals surface area contributed by atoms with E-state index in [0.717, 1.165) is 41.2 Å². The van der Waals surface area contributed by atoms with Crippen molar-refractivity contribution in [2.24, 2.45) is 0 Å². The molecule has 0 bridgehead atoms. The molecule has 3 heterocycles. The van der Waals surface area contributed by atoms with E-state index in [1.54, 1.807) is 18.3 Å². The molecule has 0 aliphatic carbocycles. The molecule has 0 spiro atoms. The molecule has 1 atom stereocenters. The van der Waals surface area contributed by atoms with Crippen molar-refractivity contribution in [1.29, 1.82) is 0 Å². The molecule has 1 aromatic heterocycles. The number of nitrogens with zero attached hydrogens (tertiary/aromatic N) is 2. The number of anilines is 3. The lowest BCUT2D eigenvalue weighted by atomic mass is 10.1. The molecule has 2 aliphatic rings. The van der Waals surface area contributed by atoms with Crippen LogP contribution in [-0.4, -0.2) is 40.9 Å². The first-order valence-corrected chi connectivity index (χ1v) is 11.3. The third-order valence-corrected chi connectivity index (χ3v) is 6.02. The predicted molar refractivity (Wildman–Crippen MR) is 128 cm³/mol. The van der Waals surface area contributed by atoms with E-state index in [1.165, 1.54) is 12.8 Å². The highest BCUT2D eigenvalue weighted by atomic mass is 16.2. The molecule has 1 saturated heterocycles. The Bertz CT molecular complexity index is 1170. The summed E-state index contributed by atoms with van der Waals surface area (Å²) < 4.78 is 0. The molecule has 8 heteroatoms. The quantitative estimate of drug-likeness (QED) is 0.467. The molecule has 4 N–H and O–H groups in total. The highest BCUT2D eigenvalue weighted by Crippen LogP contribution is 2.32. The Morgan fingerprint density at radius 3 is 2.79 bits per heavy atom. The lowest BCUT2D eigenvalue weighted by Crippen LogP contribution is -2.30. The van der Waals surface area contributed by atoms with Gasteiger partial charge in [-0.1, -0.05) is 18.2 Å². The largest absolute Gasteiger partial charge is 0.352 e. The second-order valence-corrected chi connectivity index (χ2v) is 8.38. The summed E-state index contributed by atoms with van der Waals surface area (Å²) >= 11 is 0. The number of hydrogen-bond donors (Lipinski definition) is 4. The predicted octanol–water partition coefficient (Wildman–Crippen LogP) is 3.25. The van der Waals surface area contributed by atoms with Crippen LogP contribution in [0, 0.1) is 0 Å². The number of carbonyl (C=O) groups excluding carboxylic acids is 2. The topological polar surface area (TPSA) is 108 Å². The molecule has 3 aromatic rings. The van der Waals surface area contributed by atoms with Gasteiger partial charge >= 0.3 is 0 Å². The maximum absolute atomic E-state index is 12.4. The van der Waals surface area contributed by atoms with Crippen molar-refractivity contribution in [3.05, 3.63) is 65.9 Å². The molecule has 2 amide bonds. The van der Waals surface area contributed by atoms with Crippen LogP contribution in [0.25, 0.3) is 11.3 Å². The van der Waals surface area contributed by atoms with E-state index in [9.17, 15) is 9.59 Å². The Morgan fingerprint density at radius 2 is 1.97 bits per heavy atom. The van der Waals surface area contributed by atoms with E-state index in [-0.39, 0.29) is 18.2 Å². The minimum absolute atomic E-state index is 0.0744. The van der Waals surface area contributed by atoms with Crippen LogP contribution in [0.4, 0.5) is 17.3 Å². The molecular weight excluding hydrogens is 416 g/mol. The van der Waals surface area contributed by atoms with Crippen molar-refractivity contribution < 1.29 is 9.59 Å². The van der Waals surface area contributed by atoms with Gasteiger partial charge in [0.2, 0.25) is 11.9 Å². The molecule has 0 saturated carbocycles. The lowest BCUT2D eigenvalue weighted by Gasteiger charge is -2.12. The van der Waals surface area contributed by atoms with E-state index in [0.29, 0.717) is 24.1 Å². The average Bonchev–Trinajstić information content (AvgIpc) is 3.29. The van der Waals surface area contributed by atoms with Crippen LogP contribution in [0.3, 0.4) is 0 Å². The number of aromatic nitrogens is 2. The van der Waals surface area contributed by atoms with Gasteiger partial charge in [-0.05, 0) is 56.1 Å². The number of benzene rings is 2. The van der Waals surface area contributed by atoms with E-state index >= 15 is 0 Å². The van der Waals surface area contributed by atoms with Crippen LogP contribution >= 0.6 is 0 Å². The summed E-state index contributed by atoms with van der Waals surface area (Å²) in [6.45, 7) is 1.74. The fourth-order valence-corrected chi connectivity index (χ4v) is 4.29. The van der Waals surface area contributed by atoms with Gasteiger partial charge < -0.3 is 21.3 Å². The first-order chi connectivity index (χ1) is 16.2. The summed E-state index contributed by atoms with van der Waals surface area (Å²) in [5, 5.41) is 12.5. The third-order valence-electron chi connectivity index (χ3n) is 6.02. The van der Waals surface area contributed by atoms with Gasteiger partial charge in [0, 0.05) is 41.2 Å². The Morgan fingerprint density at radius 1 is 1.12 bits per heavy atom. The van der Waals surface area contributed by atoms with Gasteiger partial charge in [-0.15, -0.1) is 0 Å². The summed E-state index contributed by atoms with van der Waals surface area (Å²) in [5.74, 6) is 0.271. The summed E-state index contributed by atoms with van der Waals surface area (Å²) in [4.78, 5) is 33.7. The summed E-state index contributed by atoms with van der Waals surface area (Å²) in [7, 11) is 0. The molecule has 1 unspecified atom stereocenters. The Labute approximate surface area is 192 Å². The van der Waals surface area contributed by atoms with E-state index < -0.39 is 0 Å². The van der Waals surface area contributed by atoms with Crippen LogP contribution in [0.1, 0.15) is 35.2 Å². The molecule has 2 aliphatic heterocycles. The molecule has 0 radical (unpaired) electrons. The third kappa shape index (κ3) is 4.85. The first-order valence-electron chi connectivity index (χ1n) is 11.3. The van der Waals surface area contributed by atoms with Crippen LogP contribution in [0.15, 0.2) is 54.7 Å². The molecule has 1 fully saturated rings. The Kier molecular flexibility index (Phi) is 5.99. The van der Waals surface area contributed by atoms with Gasteiger partial charge in [0.1, 0.15) is 0 Å². The highest BCUT2D eigenvalue weighted by molar-refractivity contribution is 6.00. The summed E-state index contributed by atoms with van der Waals surface area (Å²) in [6, 6.07) is 15.4. The minimum atomic E-state index is -0.0844. The maximum Gasteiger partial charge on any atom is 0.251 e. The minimum Gasteiger partial charge on any atom is -0.352 e. The lowest BCUT2D eigenvalue weighted by molar-refractivity contribution is -0.115. The van der Waals surface area contributed by atoms with Crippen LogP contribution in [0.2, 0.25) is 0 Å². The van der Waals surface area contributed by atoms with Crippen molar-refractivity contribution >= 4 is 29.1 Å². The normalized spacial score (nSPS) is 16.8. The molecule has 5 rings (SSSR count). The van der Waals surface area contributed by atoms with E-state index in [4.69, 9.17) is 0 Å². The molecule has 2 aromatic carbocycles. The van der Waals surface area contributed by atoms with Crippen molar-refractivity contribution in [3.63, 3.8) is 0 Å². The number of rotatable bonds is 6. The number of para-hydroxylation sites is 1. The number of amides is 2. The second kappa shape index (κ2) is 9.38. The molecule has 168 valence electrons. The monoisotopic (exact) mass is 442 g/mol.